The summed E-state index contributed by atoms with van der Waals surface area (Å²) in [4.78, 5) is 12.4. The Morgan fingerprint density at radius 2 is 1.66 bits per heavy atom. The number of halogens is 1. The molecule has 0 saturated heterocycles. The number of amides is 1. The van der Waals surface area contributed by atoms with Crippen molar-refractivity contribution in [1.82, 2.24) is 9.99 Å². The molecule has 2 aromatic carbocycles. The quantitative estimate of drug-likeness (QED) is 0.388. The van der Waals surface area contributed by atoms with E-state index < -0.39 is 0 Å². The number of hydrogen-bond acceptors (Lipinski definition) is 2. The third-order valence-electron chi connectivity index (χ3n) is 4.94. The minimum atomic E-state index is -0.219. The van der Waals surface area contributed by atoms with E-state index in [1.165, 1.54) is 5.56 Å². The zero-order valence-corrected chi connectivity index (χ0v) is 19.0. The van der Waals surface area contributed by atoms with Gasteiger partial charge in [0.05, 0.1) is 6.21 Å². The van der Waals surface area contributed by atoms with E-state index in [-0.39, 0.29) is 11.3 Å². The van der Waals surface area contributed by atoms with Gasteiger partial charge in [0.2, 0.25) is 0 Å². The summed E-state index contributed by atoms with van der Waals surface area (Å²) in [6, 6.07) is 17.9. The number of benzene rings is 2. The van der Waals surface area contributed by atoms with Crippen molar-refractivity contribution in [3.8, 4) is 5.69 Å². The van der Waals surface area contributed by atoms with Gasteiger partial charge in [-0.2, -0.15) is 5.10 Å². The molecule has 3 rings (SSSR count). The summed E-state index contributed by atoms with van der Waals surface area (Å²) in [5, 5.41) is 4.17. The average molecular weight is 452 g/mol. The molecule has 0 bridgehead atoms. The molecule has 0 radical (unpaired) electrons. The average Bonchev–Trinajstić information content (AvgIpc) is 2.95. The van der Waals surface area contributed by atoms with E-state index in [1.807, 2.05) is 43.3 Å². The van der Waals surface area contributed by atoms with Gasteiger partial charge in [-0.15, -0.1) is 0 Å². The molecular weight excluding hydrogens is 426 g/mol. The molecule has 0 aliphatic carbocycles. The molecule has 1 aromatic heterocycles. The Morgan fingerprint density at radius 1 is 1.03 bits per heavy atom. The van der Waals surface area contributed by atoms with Crippen molar-refractivity contribution in [3.63, 3.8) is 0 Å². The molecule has 0 unspecified atom stereocenters. The summed E-state index contributed by atoms with van der Waals surface area (Å²) >= 11 is 3.47. The van der Waals surface area contributed by atoms with Crippen LogP contribution in [0.2, 0.25) is 0 Å². The number of aryl methyl sites for hydroxylation is 1. The van der Waals surface area contributed by atoms with E-state index in [0.29, 0.717) is 5.56 Å². The molecule has 0 aliphatic rings. The Labute approximate surface area is 180 Å². The van der Waals surface area contributed by atoms with Crippen molar-refractivity contribution >= 4 is 28.1 Å². The Morgan fingerprint density at radius 3 is 2.24 bits per heavy atom. The second-order valence-electron chi connectivity index (χ2n) is 8.16. The second kappa shape index (κ2) is 8.37. The standard InChI is InChI=1S/C24H26BrN3O/c1-16-14-19(17(2)28(16)22-12-10-21(25)11-13-22)15-26-27-23(29)18-6-8-20(9-7-18)24(3,4)5/h6-15H,1-5H3,(H,27,29)/b26-15-. The first-order valence-corrected chi connectivity index (χ1v) is 10.3. The Balaban J connectivity index is 1.73. The monoisotopic (exact) mass is 451 g/mol. The smallest absolute Gasteiger partial charge is 0.271 e. The third-order valence-corrected chi connectivity index (χ3v) is 5.47. The van der Waals surface area contributed by atoms with Crippen molar-refractivity contribution < 1.29 is 4.79 Å². The van der Waals surface area contributed by atoms with Gasteiger partial charge in [-0.25, -0.2) is 5.43 Å². The summed E-state index contributed by atoms with van der Waals surface area (Å²) in [5.41, 5.74) is 8.70. The number of carbonyl (C=O) groups excluding carboxylic acids is 1. The largest absolute Gasteiger partial charge is 0.318 e. The van der Waals surface area contributed by atoms with Gasteiger partial charge in [0.15, 0.2) is 0 Å². The lowest BCUT2D eigenvalue weighted by Crippen LogP contribution is -2.18. The molecule has 29 heavy (non-hydrogen) atoms. The summed E-state index contributed by atoms with van der Waals surface area (Å²) in [7, 11) is 0. The van der Waals surface area contributed by atoms with Gasteiger partial charge in [-0.05, 0) is 67.3 Å². The van der Waals surface area contributed by atoms with Crippen LogP contribution in [0.1, 0.15) is 53.6 Å². The number of rotatable bonds is 4. The maximum absolute atomic E-state index is 12.4. The normalized spacial score (nSPS) is 11.8. The van der Waals surface area contributed by atoms with Crippen molar-refractivity contribution in [3.05, 3.63) is 87.1 Å². The van der Waals surface area contributed by atoms with Gasteiger partial charge in [-0.3, -0.25) is 4.79 Å². The first-order valence-electron chi connectivity index (χ1n) is 9.55. The van der Waals surface area contributed by atoms with Gasteiger partial charge >= 0.3 is 0 Å². The van der Waals surface area contributed by atoms with Crippen molar-refractivity contribution in [2.45, 2.75) is 40.0 Å². The Bertz CT molecular complexity index is 1040. The van der Waals surface area contributed by atoms with Crippen LogP contribution in [-0.2, 0) is 5.41 Å². The SMILES string of the molecule is Cc1cc(/C=N\NC(=O)c2ccc(C(C)(C)C)cc2)c(C)n1-c1ccc(Br)cc1. The predicted molar refractivity (Wildman–Crippen MR) is 123 cm³/mol. The summed E-state index contributed by atoms with van der Waals surface area (Å²) in [6.45, 7) is 10.6. The van der Waals surface area contributed by atoms with Crippen LogP contribution in [0.3, 0.4) is 0 Å². The predicted octanol–water partition coefficient (Wildman–Crippen LogP) is 5.92. The molecule has 150 valence electrons. The Hall–Kier alpha value is -2.66. The van der Waals surface area contributed by atoms with Crippen molar-refractivity contribution in [2.75, 3.05) is 0 Å². The molecule has 1 N–H and O–H groups in total. The van der Waals surface area contributed by atoms with E-state index >= 15 is 0 Å². The van der Waals surface area contributed by atoms with E-state index in [2.05, 4.69) is 76.9 Å². The van der Waals surface area contributed by atoms with E-state index in [4.69, 9.17) is 0 Å². The third kappa shape index (κ3) is 4.85. The van der Waals surface area contributed by atoms with Crippen LogP contribution < -0.4 is 5.43 Å². The molecule has 0 aliphatic heterocycles. The summed E-state index contributed by atoms with van der Waals surface area (Å²) < 4.78 is 3.21. The molecular formula is C24H26BrN3O. The highest BCUT2D eigenvalue weighted by atomic mass is 79.9. The maximum atomic E-state index is 12.4. The van der Waals surface area contributed by atoms with Crippen LogP contribution in [0.5, 0.6) is 0 Å². The van der Waals surface area contributed by atoms with Crippen molar-refractivity contribution in [2.24, 2.45) is 5.10 Å². The number of hydrazone groups is 1. The minimum absolute atomic E-state index is 0.0601. The molecule has 4 nitrogen and oxygen atoms in total. The maximum Gasteiger partial charge on any atom is 0.271 e. The van der Waals surface area contributed by atoms with Crippen LogP contribution in [0.25, 0.3) is 5.69 Å². The van der Waals surface area contributed by atoms with Gasteiger partial charge in [0, 0.05) is 32.7 Å². The zero-order chi connectivity index (χ0) is 21.2. The fourth-order valence-corrected chi connectivity index (χ4v) is 3.52. The fraction of sp³-hybridized carbons (Fsp3) is 0.250. The van der Waals surface area contributed by atoms with E-state index in [9.17, 15) is 4.79 Å². The van der Waals surface area contributed by atoms with E-state index in [1.54, 1.807) is 6.21 Å². The minimum Gasteiger partial charge on any atom is -0.318 e. The molecule has 0 fully saturated rings. The van der Waals surface area contributed by atoms with Crippen LogP contribution in [0, 0.1) is 13.8 Å². The highest BCUT2D eigenvalue weighted by molar-refractivity contribution is 9.10. The van der Waals surface area contributed by atoms with Crippen LogP contribution in [0.15, 0.2) is 64.2 Å². The molecule has 5 heteroatoms. The highest BCUT2D eigenvalue weighted by Gasteiger charge is 2.14. The zero-order valence-electron chi connectivity index (χ0n) is 17.5. The molecule has 1 heterocycles. The van der Waals surface area contributed by atoms with Gasteiger partial charge in [0.25, 0.3) is 5.91 Å². The van der Waals surface area contributed by atoms with Crippen molar-refractivity contribution in [1.29, 1.82) is 0 Å². The number of carbonyl (C=O) groups is 1. The molecule has 0 spiro atoms. The summed E-state index contributed by atoms with van der Waals surface area (Å²) in [5.74, 6) is -0.219. The van der Waals surface area contributed by atoms with E-state index in [0.717, 1.165) is 27.1 Å². The topological polar surface area (TPSA) is 46.4 Å². The van der Waals surface area contributed by atoms with Gasteiger partial charge in [0.1, 0.15) is 0 Å². The highest BCUT2D eigenvalue weighted by Crippen LogP contribution is 2.23. The number of nitrogens with one attached hydrogen (secondary N) is 1. The lowest BCUT2D eigenvalue weighted by Gasteiger charge is -2.18. The van der Waals surface area contributed by atoms with Crippen LogP contribution in [-0.4, -0.2) is 16.7 Å². The molecule has 0 atom stereocenters. The number of aromatic nitrogens is 1. The fourth-order valence-electron chi connectivity index (χ4n) is 3.25. The van der Waals surface area contributed by atoms with Crippen LogP contribution >= 0.6 is 15.9 Å². The second-order valence-corrected chi connectivity index (χ2v) is 9.08. The van der Waals surface area contributed by atoms with Crippen LogP contribution in [0.4, 0.5) is 0 Å². The first kappa shape index (κ1) is 21.1. The first-order chi connectivity index (χ1) is 13.7. The number of nitrogens with zero attached hydrogens (tertiary/aromatic N) is 2. The Kier molecular flexibility index (Phi) is 6.08. The summed E-state index contributed by atoms with van der Waals surface area (Å²) in [6.07, 6.45) is 1.69. The van der Waals surface area contributed by atoms with Gasteiger partial charge in [-0.1, -0.05) is 48.8 Å². The van der Waals surface area contributed by atoms with Gasteiger partial charge < -0.3 is 4.57 Å². The lowest BCUT2D eigenvalue weighted by atomic mass is 9.87. The molecule has 0 saturated carbocycles. The lowest BCUT2D eigenvalue weighted by molar-refractivity contribution is 0.0955. The molecule has 3 aromatic rings. The number of hydrogen-bond donors (Lipinski definition) is 1. The molecule has 1 amide bonds.